The van der Waals surface area contributed by atoms with Gasteiger partial charge in [-0.2, -0.15) is 4.72 Å². The molecule has 2 atom stereocenters. The van der Waals surface area contributed by atoms with E-state index in [4.69, 9.17) is 9.47 Å². The first-order valence-electron chi connectivity index (χ1n) is 8.25. The summed E-state index contributed by atoms with van der Waals surface area (Å²) in [4.78, 5) is 22.5. The van der Waals surface area contributed by atoms with E-state index in [1.54, 1.807) is 13.0 Å². The second kappa shape index (κ2) is 8.81. The summed E-state index contributed by atoms with van der Waals surface area (Å²) >= 11 is 0. The maximum atomic E-state index is 12.4. The molecule has 0 radical (unpaired) electrons. The van der Waals surface area contributed by atoms with Crippen molar-refractivity contribution in [1.82, 2.24) is 4.72 Å². The van der Waals surface area contributed by atoms with Crippen molar-refractivity contribution in [3.05, 3.63) is 64.2 Å². The fourth-order valence-corrected chi connectivity index (χ4v) is 3.53. The van der Waals surface area contributed by atoms with Gasteiger partial charge in [0.2, 0.25) is 10.0 Å². The molecule has 0 aliphatic rings. The van der Waals surface area contributed by atoms with Crippen molar-refractivity contribution >= 4 is 21.7 Å². The highest BCUT2D eigenvalue weighted by Gasteiger charge is 2.25. The smallest absolute Gasteiger partial charge is 0.324 e. The van der Waals surface area contributed by atoms with E-state index in [9.17, 15) is 23.3 Å². The molecular weight excluding hydrogens is 388 g/mol. The molecule has 0 fully saturated rings. The number of nitro benzene ring substituents is 1. The monoisotopic (exact) mass is 408 g/mol. The minimum Gasteiger partial charge on any atom is -0.497 e. The Balaban J connectivity index is 2.05. The van der Waals surface area contributed by atoms with E-state index in [0.29, 0.717) is 11.3 Å². The summed E-state index contributed by atoms with van der Waals surface area (Å²) in [7, 11) is -2.48. The number of rotatable bonds is 8. The summed E-state index contributed by atoms with van der Waals surface area (Å²) in [6.45, 7) is 2.89. The van der Waals surface area contributed by atoms with E-state index in [2.05, 4.69) is 4.72 Å². The molecule has 0 aliphatic heterocycles. The number of sulfonamides is 1. The summed E-state index contributed by atoms with van der Waals surface area (Å²) in [6, 6.07) is 10.2. The Hall–Kier alpha value is -2.98. The molecule has 10 heteroatoms. The minimum absolute atomic E-state index is 0.0281. The Bertz CT molecular complexity index is 958. The van der Waals surface area contributed by atoms with Gasteiger partial charge in [-0.05, 0) is 43.7 Å². The number of nitrogens with zero attached hydrogens (tertiary/aromatic N) is 1. The standard InChI is InChI=1S/C18H20N2O7S/c1-12(19-28(24,25)17-9-7-16(26-3)8-10-17)18(21)27-13(2)14-5-4-6-15(11-14)20(22)23/h4-13,19H,1-3H3/t12-,13+/m0/s1. The summed E-state index contributed by atoms with van der Waals surface area (Å²) in [5.74, 6) is -0.312. The van der Waals surface area contributed by atoms with Gasteiger partial charge in [0, 0.05) is 12.1 Å². The number of ether oxygens (including phenoxy) is 2. The van der Waals surface area contributed by atoms with Crippen LogP contribution in [0.2, 0.25) is 0 Å². The van der Waals surface area contributed by atoms with Gasteiger partial charge in [0.15, 0.2) is 0 Å². The molecule has 0 heterocycles. The van der Waals surface area contributed by atoms with Crippen LogP contribution >= 0.6 is 0 Å². The topological polar surface area (TPSA) is 125 Å². The van der Waals surface area contributed by atoms with Gasteiger partial charge in [-0.1, -0.05) is 12.1 Å². The second-order valence-electron chi connectivity index (χ2n) is 5.95. The lowest BCUT2D eigenvalue weighted by Gasteiger charge is -2.18. The van der Waals surface area contributed by atoms with Gasteiger partial charge in [0.25, 0.3) is 5.69 Å². The van der Waals surface area contributed by atoms with E-state index in [1.165, 1.54) is 56.5 Å². The lowest BCUT2D eigenvalue weighted by molar-refractivity contribution is -0.385. The van der Waals surface area contributed by atoms with E-state index >= 15 is 0 Å². The molecular formula is C18H20N2O7S. The van der Waals surface area contributed by atoms with E-state index in [1.807, 2.05) is 0 Å². The van der Waals surface area contributed by atoms with Crippen LogP contribution in [-0.2, 0) is 19.6 Å². The van der Waals surface area contributed by atoms with Crippen LogP contribution in [0.25, 0.3) is 0 Å². The van der Waals surface area contributed by atoms with Gasteiger partial charge in [-0.3, -0.25) is 14.9 Å². The number of esters is 1. The number of carbonyl (C=O) groups excluding carboxylic acids is 1. The van der Waals surface area contributed by atoms with Gasteiger partial charge in [-0.15, -0.1) is 0 Å². The van der Waals surface area contributed by atoms with E-state index in [-0.39, 0.29) is 10.6 Å². The van der Waals surface area contributed by atoms with Crippen LogP contribution in [-0.4, -0.2) is 32.5 Å². The van der Waals surface area contributed by atoms with Crippen molar-refractivity contribution < 1.29 is 27.6 Å². The first-order valence-corrected chi connectivity index (χ1v) is 9.73. The third-order valence-corrected chi connectivity index (χ3v) is 5.46. The van der Waals surface area contributed by atoms with Gasteiger partial charge in [0.1, 0.15) is 17.9 Å². The quantitative estimate of drug-likeness (QED) is 0.404. The fourth-order valence-electron chi connectivity index (χ4n) is 2.34. The van der Waals surface area contributed by atoms with Crippen molar-refractivity contribution in [2.45, 2.75) is 30.9 Å². The van der Waals surface area contributed by atoms with E-state index in [0.717, 1.165) is 0 Å². The largest absolute Gasteiger partial charge is 0.497 e. The maximum Gasteiger partial charge on any atom is 0.324 e. The van der Waals surface area contributed by atoms with Crippen LogP contribution in [0.4, 0.5) is 5.69 Å². The number of methoxy groups -OCH3 is 1. The molecule has 2 aromatic rings. The maximum absolute atomic E-state index is 12.4. The molecule has 0 aromatic heterocycles. The Kier molecular flexibility index (Phi) is 6.71. The predicted octanol–water partition coefficient (Wildman–Crippen LogP) is 2.57. The Morgan fingerprint density at radius 3 is 2.36 bits per heavy atom. The number of non-ortho nitro benzene ring substituents is 1. The molecule has 2 rings (SSSR count). The average molecular weight is 408 g/mol. The molecule has 0 unspecified atom stereocenters. The molecule has 0 saturated carbocycles. The van der Waals surface area contributed by atoms with Crippen LogP contribution in [0.15, 0.2) is 53.4 Å². The van der Waals surface area contributed by atoms with Gasteiger partial charge in [-0.25, -0.2) is 8.42 Å². The number of hydrogen-bond donors (Lipinski definition) is 1. The third kappa shape index (κ3) is 5.27. The van der Waals surface area contributed by atoms with Crippen molar-refractivity contribution in [3.63, 3.8) is 0 Å². The molecule has 0 saturated heterocycles. The molecule has 150 valence electrons. The number of nitrogens with one attached hydrogen (secondary N) is 1. The number of hydrogen-bond acceptors (Lipinski definition) is 7. The summed E-state index contributed by atoms with van der Waals surface area (Å²) in [5, 5.41) is 10.9. The molecule has 0 aliphatic carbocycles. The lowest BCUT2D eigenvalue weighted by atomic mass is 10.1. The van der Waals surface area contributed by atoms with E-state index < -0.39 is 33.1 Å². The van der Waals surface area contributed by atoms with Crippen molar-refractivity contribution in [3.8, 4) is 5.75 Å². The number of nitro groups is 1. The van der Waals surface area contributed by atoms with Crippen LogP contribution in [0.3, 0.4) is 0 Å². The SMILES string of the molecule is COc1ccc(S(=O)(=O)N[C@@H](C)C(=O)O[C@H](C)c2cccc([N+](=O)[O-])c2)cc1. The van der Waals surface area contributed by atoms with Crippen LogP contribution < -0.4 is 9.46 Å². The Labute approximate surface area is 162 Å². The predicted molar refractivity (Wildman–Crippen MR) is 100 cm³/mol. The highest BCUT2D eigenvalue weighted by Crippen LogP contribution is 2.22. The van der Waals surface area contributed by atoms with Crippen LogP contribution in [0.5, 0.6) is 5.75 Å². The molecule has 1 N–H and O–H groups in total. The molecule has 9 nitrogen and oxygen atoms in total. The first kappa shape index (κ1) is 21.3. The van der Waals surface area contributed by atoms with Crippen LogP contribution in [0, 0.1) is 10.1 Å². The highest BCUT2D eigenvalue weighted by molar-refractivity contribution is 7.89. The van der Waals surface area contributed by atoms with Crippen molar-refractivity contribution in [2.75, 3.05) is 7.11 Å². The molecule has 2 aromatic carbocycles. The van der Waals surface area contributed by atoms with Gasteiger partial charge >= 0.3 is 5.97 Å². The zero-order valence-corrected chi connectivity index (χ0v) is 16.3. The number of carbonyl (C=O) groups is 1. The Morgan fingerprint density at radius 1 is 1.14 bits per heavy atom. The zero-order valence-electron chi connectivity index (χ0n) is 15.5. The lowest BCUT2D eigenvalue weighted by Crippen LogP contribution is -2.39. The van der Waals surface area contributed by atoms with Crippen LogP contribution in [0.1, 0.15) is 25.5 Å². The van der Waals surface area contributed by atoms with Gasteiger partial charge in [0.05, 0.1) is 16.9 Å². The number of benzene rings is 2. The average Bonchev–Trinajstić information content (AvgIpc) is 2.67. The fraction of sp³-hybridized carbons (Fsp3) is 0.278. The Morgan fingerprint density at radius 2 is 1.79 bits per heavy atom. The minimum atomic E-state index is -3.94. The first-order chi connectivity index (χ1) is 13.1. The van der Waals surface area contributed by atoms with Gasteiger partial charge < -0.3 is 9.47 Å². The third-order valence-electron chi connectivity index (χ3n) is 3.90. The molecule has 0 amide bonds. The second-order valence-corrected chi connectivity index (χ2v) is 7.66. The highest BCUT2D eigenvalue weighted by atomic mass is 32.2. The zero-order chi connectivity index (χ0) is 20.9. The summed E-state index contributed by atoms with van der Waals surface area (Å²) < 4.78 is 37.2. The summed E-state index contributed by atoms with van der Waals surface area (Å²) in [6.07, 6.45) is -0.791. The normalized spacial score (nSPS) is 13.4. The molecule has 0 spiro atoms. The van der Waals surface area contributed by atoms with Crippen molar-refractivity contribution in [1.29, 1.82) is 0 Å². The van der Waals surface area contributed by atoms with Crippen molar-refractivity contribution in [2.24, 2.45) is 0 Å². The molecule has 28 heavy (non-hydrogen) atoms. The molecule has 0 bridgehead atoms. The summed E-state index contributed by atoms with van der Waals surface area (Å²) in [5.41, 5.74) is 0.293.